The fourth-order valence-corrected chi connectivity index (χ4v) is 2.51. The van der Waals surface area contributed by atoms with Crippen LogP contribution in [-0.2, 0) is 14.3 Å². The van der Waals surface area contributed by atoms with Crippen LogP contribution >= 0.6 is 0 Å². The Morgan fingerprint density at radius 2 is 1.79 bits per heavy atom. The van der Waals surface area contributed by atoms with Crippen LogP contribution in [0.15, 0.2) is 24.3 Å². The minimum Gasteiger partial charge on any atom is -0.494 e. The molecule has 0 N–H and O–H groups in total. The molecule has 0 radical (unpaired) electrons. The van der Waals surface area contributed by atoms with E-state index in [9.17, 15) is 9.59 Å². The molecule has 132 valence electrons. The van der Waals surface area contributed by atoms with Crippen molar-refractivity contribution < 1.29 is 23.8 Å². The number of Topliss-reactive ketones (excluding diaryl/α,β-unsaturated/α-hetero) is 1. The third kappa shape index (κ3) is 5.94. The number of carbonyl (C=O) groups excluding carboxylic acids is 2. The number of hydrogen-bond acceptors (Lipinski definition) is 6. The van der Waals surface area contributed by atoms with E-state index < -0.39 is 5.97 Å². The number of ketones is 1. The van der Waals surface area contributed by atoms with E-state index in [1.807, 2.05) is 6.92 Å². The molecule has 24 heavy (non-hydrogen) atoms. The molecule has 0 atom stereocenters. The van der Waals surface area contributed by atoms with Gasteiger partial charge in [0.05, 0.1) is 12.7 Å². The molecule has 1 aromatic rings. The fourth-order valence-electron chi connectivity index (χ4n) is 2.51. The summed E-state index contributed by atoms with van der Waals surface area (Å²) in [5, 5.41) is 0. The van der Waals surface area contributed by atoms with Gasteiger partial charge in [-0.1, -0.05) is 0 Å². The third-order valence-electron chi connectivity index (χ3n) is 3.95. The molecular formula is C18H25NO5. The van der Waals surface area contributed by atoms with Crippen LogP contribution in [-0.4, -0.2) is 62.7 Å². The van der Waals surface area contributed by atoms with Crippen molar-refractivity contribution in [2.24, 2.45) is 0 Å². The number of ether oxygens (including phenoxy) is 3. The van der Waals surface area contributed by atoms with Gasteiger partial charge in [-0.3, -0.25) is 4.79 Å². The SMILES string of the molecule is CCOc1ccc(C(=O)COC(=O)COC2CCN(C)CC2)cc1. The summed E-state index contributed by atoms with van der Waals surface area (Å²) in [7, 11) is 2.07. The highest BCUT2D eigenvalue weighted by atomic mass is 16.6. The Balaban J connectivity index is 1.68. The van der Waals surface area contributed by atoms with Crippen LogP contribution in [0.3, 0.4) is 0 Å². The molecule has 0 saturated carbocycles. The van der Waals surface area contributed by atoms with Crippen molar-refractivity contribution in [1.82, 2.24) is 4.90 Å². The highest BCUT2D eigenvalue weighted by Gasteiger charge is 2.19. The smallest absolute Gasteiger partial charge is 0.332 e. The second kappa shape index (κ2) is 9.39. The van der Waals surface area contributed by atoms with Crippen molar-refractivity contribution in [3.8, 4) is 5.75 Å². The van der Waals surface area contributed by atoms with Gasteiger partial charge >= 0.3 is 5.97 Å². The number of esters is 1. The Bertz CT molecular complexity index is 535. The molecule has 6 nitrogen and oxygen atoms in total. The number of carbonyl (C=O) groups is 2. The van der Waals surface area contributed by atoms with E-state index in [1.54, 1.807) is 24.3 Å². The molecule has 0 unspecified atom stereocenters. The van der Waals surface area contributed by atoms with Gasteiger partial charge in [-0.05, 0) is 51.1 Å². The average molecular weight is 335 g/mol. The summed E-state index contributed by atoms with van der Waals surface area (Å²) in [5.74, 6) is -0.0449. The zero-order valence-electron chi connectivity index (χ0n) is 14.3. The molecule has 2 rings (SSSR count). The fraction of sp³-hybridized carbons (Fsp3) is 0.556. The number of benzene rings is 1. The largest absolute Gasteiger partial charge is 0.494 e. The zero-order chi connectivity index (χ0) is 17.4. The first-order valence-electron chi connectivity index (χ1n) is 8.30. The van der Waals surface area contributed by atoms with Crippen LogP contribution in [0.1, 0.15) is 30.1 Å². The molecule has 1 fully saturated rings. The van der Waals surface area contributed by atoms with E-state index in [4.69, 9.17) is 14.2 Å². The van der Waals surface area contributed by atoms with Gasteiger partial charge in [-0.15, -0.1) is 0 Å². The lowest BCUT2D eigenvalue weighted by Gasteiger charge is -2.28. The van der Waals surface area contributed by atoms with Gasteiger partial charge in [-0.2, -0.15) is 0 Å². The quantitative estimate of drug-likeness (QED) is 0.534. The van der Waals surface area contributed by atoms with Gasteiger partial charge < -0.3 is 19.1 Å². The van der Waals surface area contributed by atoms with E-state index in [-0.39, 0.29) is 25.1 Å². The van der Waals surface area contributed by atoms with Crippen molar-refractivity contribution in [3.05, 3.63) is 29.8 Å². The zero-order valence-corrected chi connectivity index (χ0v) is 14.3. The Hall–Kier alpha value is -1.92. The summed E-state index contributed by atoms with van der Waals surface area (Å²) in [5.41, 5.74) is 0.488. The Morgan fingerprint density at radius 3 is 2.42 bits per heavy atom. The molecule has 1 aliphatic rings. The van der Waals surface area contributed by atoms with E-state index in [2.05, 4.69) is 11.9 Å². The number of likely N-dealkylation sites (tertiary alicyclic amines) is 1. The Morgan fingerprint density at radius 1 is 1.12 bits per heavy atom. The molecule has 1 aromatic carbocycles. The average Bonchev–Trinajstić information content (AvgIpc) is 2.60. The molecule has 1 aliphatic heterocycles. The maximum Gasteiger partial charge on any atom is 0.332 e. The molecule has 0 aromatic heterocycles. The number of piperidine rings is 1. The Kier molecular flexibility index (Phi) is 7.21. The summed E-state index contributed by atoms with van der Waals surface area (Å²) < 4.78 is 15.9. The predicted molar refractivity (Wildman–Crippen MR) is 89.4 cm³/mol. The molecule has 6 heteroatoms. The van der Waals surface area contributed by atoms with E-state index >= 15 is 0 Å². The second-order valence-electron chi connectivity index (χ2n) is 5.85. The van der Waals surface area contributed by atoms with Crippen molar-refractivity contribution in [2.45, 2.75) is 25.9 Å². The molecule has 0 amide bonds. The summed E-state index contributed by atoms with van der Waals surface area (Å²) in [4.78, 5) is 25.9. The number of hydrogen-bond donors (Lipinski definition) is 0. The Labute approximate surface area is 142 Å². The molecule has 1 saturated heterocycles. The first kappa shape index (κ1) is 18.4. The normalized spacial score (nSPS) is 15.9. The standard InChI is InChI=1S/C18H25NO5/c1-3-22-15-6-4-14(5-7-15)17(20)12-24-18(21)13-23-16-8-10-19(2)11-9-16/h4-7,16H,3,8-13H2,1-2H3. The van der Waals surface area contributed by atoms with Gasteiger partial charge in [0.1, 0.15) is 12.4 Å². The monoisotopic (exact) mass is 335 g/mol. The maximum atomic E-state index is 12.0. The maximum absolute atomic E-state index is 12.0. The molecule has 0 spiro atoms. The summed E-state index contributed by atoms with van der Waals surface area (Å²) in [6, 6.07) is 6.77. The first-order chi connectivity index (χ1) is 11.6. The predicted octanol–water partition coefficient (Wildman–Crippen LogP) is 1.92. The highest BCUT2D eigenvalue weighted by Crippen LogP contribution is 2.13. The van der Waals surface area contributed by atoms with Crippen LogP contribution in [0.4, 0.5) is 0 Å². The highest BCUT2D eigenvalue weighted by molar-refractivity contribution is 5.98. The van der Waals surface area contributed by atoms with Gasteiger partial charge in [-0.25, -0.2) is 4.79 Å². The van der Waals surface area contributed by atoms with E-state index in [0.717, 1.165) is 25.9 Å². The second-order valence-corrected chi connectivity index (χ2v) is 5.85. The lowest BCUT2D eigenvalue weighted by Crippen LogP contribution is -2.35. The van der Waals surface area contributed by atoms with Crippen LogP contribution < -0.4 is 4.74 Å². The van der Waals surface area contributed by atoms with Crippen LogP contribution in [0, 0.1) is 0 Å². The van der Waals surface area contributed by atoms with Crippen LogP contribution in [0.25, 0.3) is 0 Å². The summed E-state index contributed by atoms with van der Waals surface area (Å²) in [6.45, 7) is 4.02. The van der Waals surface area contributed by atoms with Crippen molar-refractivity contribution in [1.29, 1.82) is 0 Å². The minimum absolute atomic E-state index is 0.0931. The molecule has 1 heterocycles. The minimum atomic E-state index is -0.506. The number of nitrogens with zero attached hydrogens (tertiary/aromatic N) is 1. The van der Waals surface area contributed by atoms with Crippen LogP contribution in [0.2, 0.25) is 0 Å². The third-order valence-corrected chi connectivity index (χ3v) is 3.95. The molecular weight excluding hydrogens is 310 g/mol. The van der Waals surface area contributed by atoms with Gasteiger partial charge in [0, 0.05) is 18.7 Å². The lowest BCUT2D eigenvalue weighted by molar-refractivity contribution is -0.150. The van der Waals surface area contributed by atoms with Crippen molar-refractivity contribution >= 4 is 11.8 Å². The van der Waals surface area contributed by atoms with Crippen molar-refractivity contribution in [3.63, 3.8) is 0 Å². The number of rotatable bonds is 8. The lowest BCUT2D eigenvalue weighted by atomic mass is 10.1. The topological polar surface area (TPSA) is 65.1 Å². The van der Waals surface area contributed by atoms with E-state index in [0.29, 0.717) is 17.9 Å². The molecule has 0 bridgehead atoms. The summed E-state index contributed by atoms with van der Waals surface area (Å²) in [6.07, 6.45) is 1.92. The van der Waals surface area contributed by atoms with Crippen LogP contribution in [0.5, 0.6) is 5.75 Å². The summed E-state index contributed by atoms with van der Waals surface area (Å²) >= 11 is 0. The van der Waals surface area contributed by atoms with Gasteiger partial charge in [0.2, 0.25) is 0 Å². The van der Waals surface area contributed by atoms with Gasteiger partial charge in [0.25, 0.3) is 0 Å². The van der Waals surface area contributed by atoms with Crippen molar-refractivity contribution in [2.75, 3.05) is 40.0 Å². The van der Waals surface area contributed by atoms with Gasteiger partial charge in [0.15, 0.2) is 12.4 Å². The molecule has 0 aliphatic carbocycles. The first-order valence-corrected chi connectivity index (χ1v) is 8.30. The van der Waals surface area contributed by atoms with E-state index in [1.165, 1.54) is 0 Å².